The number of carbonyl (C=O) groups excluding carboxylic acids is 3. The standard InChI is InChI=1S/C17H29N3O4/c1-12(2)9-20-10-15(24-11-16(20)22)8-18-17(23)14-4-6-19(7-5-14)13(3)21/h12,14-15H,4-11H2,1-3H3,(H,18,23). The van der Waals surface area contributed by atoms with E-state index in [1.807, 2.05) is 4.90 Å². The molecule has 2 aliphatic rings. The van der Waals surface area contributed by atoms with Crippen LogP contribution in [0, 0.1) is 11.8 Å². The zero-order chi connectivity index (χ0) is 17.7. The summed E-state index contributed by atoms with van der Waals surface area (Å²) in [5.41, 5.74) is 0. The molecule has 0 aliphatic carbocycles. The van der Waals surface area contributed by atoms with E-state index in [1.165, 1.54) is 0 Å². The molecule has 3 amide bonds. The van der Waals surface area contributed by atoms with Crippen molar-refractivity contribution in [3.8, 4) is 0 Å². The summed E-state index contributed by atoms with van der Waals surface area (Å²) >= 11 is 0. The molecule has 1 atom stereocenters. The van der Waals surface area contributed by atoms with Gasteiger partial charge in [-0.2, -0.15) is 0 Å². The topological polar surface area (TPSA) is 79.0 Å². The van der Waals surface area contributed by atoms with Gasteiger partial charge in [0.25, 0.3) is 0 Å². The van der Waals surface area contributed by atoms with Crippen molar-refractivity contribution in [3.63, 3.8) is 0 Å². The van der Waals surface area contributed by atoms with E-state index in [0.29, 0.717) is 44.9 Å². The van der Waals surface area contributed by atoms with Gasteiger partial charge in [0.15, 0.2) is 0 Å². The van der Waals surface area contributed by atoms with Crippen molar-refractivity contribution < 1.29 is 19.1 Å². The van der Waals surface area contributed by atoms with Crippen LogP contribution < -0.4 is 5.32 Å². The molecule has 0 bridgehead atoms. The average molecular weight is 339 g/mol. The second-order valence-electron chi connectivity index (χ2n) is 7.15. The minimum Gasteiger partial charge on any atom is -0.365 e. The Hall–Kier alpha value is -1.63. The molecule has 0 radical (unpaired) electrons. The van der Waals surface area contributed by atoms with Crippen LogP contribution in [-0.2, 0) is 19.1 Å². The SMILES string of the molecule is CC(=O)N1CCC(C(=O)NCC2CN(CC(C)C)C(=O)CO2)CC1. The zero-order valence-corrected chi connectivity index (χ0v) is 14.9. The molecule has 0 aromatic rings. The van der Waals surface area contributed by atoms with E-state index in [-0.39, 0.29) is 36.4 Å². The lowest BCUT2D eigenvalue weighted by atomic mass is 9.96. The predicted octanol–water partition coefficient (Wildman–Crippen LogP) is 0.245. The normalized spacial score (nSPS) is 22.8. The van der Waals surface area contributed by atoms with Crippen LogP contribution >= 0.6 is 0 Å². The summed E-state index contributed by atoms with van der Waals surface area (Å²) in [7, 11) is 0. The van der Waals surface area contributed by atoms with Crippen LogP contribution in [0.15, 0.2) is 0 Å². The summed E-state index contributed by atoms with van der Waals surface area (Å²) in [6.45, 7) is 8.76. The summed E-state index contributed by atoms with van der Waals surface area (Å²) in [6.07, 6.45) is 1.26. The van der Waals surface area contributed by atoms with E-state index in [0.717, 1.165) is 6.54 Å². The van der Waals surface area contributed by atoms with E-state index >= 15 is 0 Å². The van der Waals surface area contributed by atoms with Crippen LogP contribution in [0.1, 0.15) is 33.6 Å². The molecule has 24 heavy (non-hydrogen) atoms. The maximum Gasteiger partial charge on any atom is 0.248 e. The van der Waals surface area contributed by atoms with Gasteiger partial charge in [0.1, 0.15) is 6.61 Å². The van der Waals surface area contributed by atoms with Crippen LogP contribution in [0.5, 0.6) is 0 Å². The summed E-state index contributed by atoms with van der Waals surface area (Å²) in [4.78, 5) is 39.0. The van der Waals surface area contributed by atoms with E-state index in [1.54, 1.807) is 11.8 Å². The van der Waals surface area contributed by atoms with Gasteiger partial charge < -0.3 is 19.9 Å². The van der Waals surface area contributed by atoms with Gasteiger partial charge in [-0.15, -0.1) is 0 Å². The number of piperidine rings is 1. The van der Waals surface area contributed by atoms with Crippen molar-refractivity contribution >= 4 is 17.7 Å². The number of ether oxygens (including phenoxy) is 1. The average Bonchev–Trinajstić information content (AvgIpc) is 2.55. The molecule has 136 valence electrons. The molecule has 1 N–H and O–H groups in total. The second kappa shape index (κ2) is 8.46. The molecule has 7 heteroatoms. The predicted molar refractivity (Wildman–Crippen MR) is 89.1 cm³/mol. The van der Waals surface area contributed by atoms with Crippen molar-refractivity contribution in [2.45, 2.75) is 39.7 Å². The highest BCUT2D eigenvalue weighted by molar-refractivity contribution is 5.80. The fourth-order valence-electron chi connectivity index (χ4n) is 3.24. The van der Waals surface area contributed by atoms with Gasteiger partial charge in [-0.3, -0.25) is 14.4 Å². The number of nitrogens with zero attached hydrogens (tertiary/aromatic N) is 2. The second-order valence-corrected chi connectivity index (χ2v) is 7.15. The number of amides is 3. The molecular weight excluding hydrogens is 310 g/mol. The fourth-order valence-corrected chi connectivity index (χ4v) is 3.24. The van der Waals surface area contributed by atoms with Gasteiger partial charge in [-0.05, 0) is 18.8 Å². The molecule has 7 nitrogen and oxygen atoms in total. The molecule has 0 saturated carbocycles. The first-order chi connectivity index (χ1) is 11.4. The Balaban J connectivity index is 1.74. The third-order valence-electron chi connectivity index (χ3n) is 4.62. The number of hydrogen-bond donors (Lipinski definition) is 1. The molecule has 2 rings (SSSR count). The van der Waals surface area contributed by atoms with Crippen molar-refractivity contribution in [3.05, 3.63) is 0 Å². The van der Waals surface area contributed by atoms with Gasteiger partial charge in [0, 0.05) is 45.6 Å². The Labute approximate surface area is 143 Å². The fraction of sp³-hybridized carbons (Fsp3) is 0.824. The summed E-state index contributed by atoms with van der Waals surface area (Å²) in [5.74, 6) is 0.475. The summed E-state index contributed by atoms with van der Waals surface area (Å²) in [6, 6.07) is 0. The third-order valence-corrected chi connectivity index (χ3v) is 4.62. The monoisotopic (exact) mass is 339 g/mol. The molecule has 1 unspecified atom stereocenters. The molecule has 2 fully saturated rings. The lowest BCUT2D eigenvalue weighted by molar-refractivity contribution is -0.149. The van der Waals surface area contributed by atoms with Crippen molar-refractivity contribution in [2.75, 3.05) is 39.3 Å². The Morgan fingerprint density at radius 2 is 1.96 bits per heavy atom. The van der Waals surface area contributed by atoms with Crippen LogP contribution in [0.2, 0.25) is 0 Å². The molecular formula is C17H29N3O4. The van der Waals surface area contributed by atoms with Crippen LogP contribution in [0.4, 0.5) is 0 Å². The molecule has 2 heterocycles. The highest BCUT2D eigenvalue weighted by atomic mass is 16.5. The van der Waals surface area contributed by atoms with E-state index in [2.05, 4.69) is 19.2 Å². The maximum atomic E-state index is 12.3. The number of rotatable bonds is 5. The number of likely N-dealkylation sites (tertiary alicyclic amines) is 1. The van der Waals surface area contributed by atoms with Crippen molar-refractivity contribution in [1.29, 1.82) is 0 Å². The number of morpholine rings is 1. The number of nitrogens with one attached hydrogen (secondary N) is 1. The van der Waals surface area contributed by atoms with E-state index in [4.69, 9.17) is 4.74 Å². The molecule has 0 aromatic heterocycles. The first kappa shape index (κ1) is 18.7. The van der Waals surface area contributed by atoms with Gasteiger partial charge in [-0.25, -0.2) is 0 Å². The largest absolute Gasteiger partial charge is 0.365 e. The number of hydrogen-bond acceptors (Lipinski definition) is 4. The molecule has 0 aromatic carbocycles. The first-order valence-corrected chi connectivity index (χ1v) is 8.79. The first-order valence-electron chi connectivity index (χ1n) is 8.79. The minimum absolute atomic E-state index is 0.0166. The number of carbonyl (C=O) groups is 3. The molecule has 2 aliphatic heterocycles. The maximum absolute atomic E-state index is 12.3. The quantitative estimate of drug-likeness (QED) is 0.778. The Bertz CT molecular complexity index is 472. The van der Waals surface area contributed by atoms with Gasteiger partial charge in [0.2, 0.25) is 17.7 Å². The summed E-state index contributed by atoms with van der Waals surface area (Å²) in [5, 5.41) is 2.95. The molecule has 0 spiro atoms. The van der Waals surface area contributed by atoms with E-state index in [9.17, 15) is 14.4 Å². The highest BCUT2D eigenvalue weighted by Crippen LogP contribution is 2.17. The highest BCUT2D eigenvalue weighted by Gasteiger charge is 2.29. The Morgan fingerprint density at radius 1 is 1.29 bits per heavy atom. The Morgan fingerprint density at radius 3 is 2.54 bits per heavy atom. The van der Waals surface area contributed by atoms with Crippen LogP contribution in [0.25, 0.3) is 0 Å². The third kappa shape index (κ3) is 5.19. The Kier molecular flexibility index (Phi) is 6.60. The van der Waals surface area contributed by atoms with Crippen LogP contribution in [-0.4, -0.2) is 73.0 Å². The van der Waals surface area contributed by atoms with Gasteiger partial charge in [-0.1, -0.05) is 13.8 Å². The van der Waals surface area contributed by atoms with Gasteiger partial charge >= 0.3 is 0 Å². The lowest BCUT2D eigenvalue weighted by Gasteiger charge is -2.34. The zero-order valence-electron chi connectivity index (χ0n) is 14.9. The molecule has 2 saturated heterocycles. The minimum atomic E-state index is -0.150. The van der Waals surface area contributed by atoms with Crippen molar-refractivity contribution in [1.82, 2.24) is 15.1 Å². The smallest absolute Gasteiger partial charge is 0.248 e. The van der Waals surface area contributed by atoms with Crippen LogP contribution in [0.3, 0.4) is 0 Å². The van der Waals surface area contributed by atoms with Gasteiger partial charge in [0.05, 0.1) is 6.10 Å². The van der Waals surface area contributed by atoms with Crippen molar-refractivity contribution in [2.24, 2.45) is 11.8 Å². The summed E-state index contributed by atoms with van der Waals surface area (Å²) < 4.78 is 5.53. The van der Waals surface area contributed by atoms with E-state index < -0.39 is 0 Å². The lowest BCUT2D eigenvalue weighted by Crippen LogP contribution is -2.52.